The summed E-state index contributed by atoms with van der Waals surface area (Å²) in [7, 11) is 1.63. The molecule has 3 amide bonds. The second-order valence-electron chi connectivity index (χ2n) is 29.5. The Bertz CT molecular complexity index is 2650. The van der Waals surface area contributed by atoms with E-state index in [0.717, 1.165) is 43.2 Å². The van der Waals surface area contributed by atoms with Crippen molar-refractivity contribution in [2.24, 2.45) is 0 Å². The molecule has 2 aromatic rings. The van der Waals surface area contributed by atoms with Gasteiger partial charge in [-0.15, -0.1) is 0 Å². The van der Waals surface area contributed by atoms with Crippen molar-refractivity contribution < 1.29 is 95.1 Å². The van der Waals surface area contributed by atoms with E-state index in [1.165, 1.54) is 0 Å². The van der Waals surface area contributed by atoms with E-state index in [0.29, 0.717) is 170 Å². The lowest BCUT2D eigenvalue weighted by atomic mass is 10.0. The first-order valence-electron chi connectivity index (χ1n) is 36.9. The maximum Gasteiger partial charge on any atom is 0.407 e. The summed E-state index contributed by atoms with van der Waals surface area (Å²) in [6.45, 7) is 31.3. The molecule has 27 nitrogen and oxygen atoms in total. The molecule has 0 aliphatic carbocycles. The van der Waals surface area contributed by atoms with E-state index in [1.54, 1.807) is 7.11 Å². The van der Waals surface area contributed by atoms with Gasteiger partial charge in [-0.1, -0.05) is 61.7 Å². The van der Waals surface area contributed by atoms with Gasteiger partial charge in [-0.05, 0) is 145 Å². The van der Waals surface area contributed by atoms with E-state index in [1.807, 2.05) is 152 Å². The molecule has 1 aliphatic rings. The Hall–Kier alpha value is -6.11. The number of hydrogen-bond acceptors (Lipinski definition) is 24. The van der Waals surface area contributed by atoms with E-state index in [-0.39, 0.29) is 76.2 Å². The fourth-order valence-electron chi connectivity index (χ4n) is 10.6. The van der Waals surface area contributed by atoms with Crippen molar-refractivity contribution in [3.05, 3.63) is 65.7 Å². The maximum atomic E-state index is 13.9. The maximum absolute atomic E-state index is 13.9. The van der Waals surface area contributed by atoms with Gasteiger partial charge in [0.15, 0.2) is 0 Å². The molecule has 1 fully saturated rings. The number of carbonyl (C=O) groups excluding carboxylic acids is 7. The van der Waals surface area contributed by atoms with Gasteiger partial charge in [0.05, 0.1) is 119 Å². The molecule has 3 N–H and O–H groups in total. The van der Waals surface area contributed by atoms with E-state index in [2.05, 4.69) is 20.9 Å². The number of rotatable bonds is 49. The Morgan fingerprint density at radius 3 is 1.38 bits per heavy atom. The number of methoxy groups -OCH3 is 1. The van der Waals surface area contributed by atoms with Crippen LogP contribution in [0.4, 0.5) is 4.79 Å². The van der Waals surface area contributed by atoms with Gasteiger partial charge in [-0.25, -0.2) is 4.79 Å². The summed E-state index contributed by atoms with van der Waals surface area (Å²) in [6.07, 6.45) is 5.76. The Morgan fingerprint density at radius 2 is 0.874 bits per heavy atom. The first kappa shape index (κ1) is 91.1. The van der Waals surface area contributed by atoms with Gasteiger partial charge < -0.3 is 77.5 Å². The smallest absolute Gasteiger partial charge is 0.407 e. The highest BCUT2D eigenvalue weighted by molar-refractivity contribution is 5.87. The van der Waals surface area contributed by atoms with Crippen LogP contribution in [-0.4, -0.2) is 281 Å². The highest BCUT2D eigenvalue weighted by Gasteiger charge is 2.32. The van der Waals surface area contributed by atoms with Crippen LogP contribution in [0.25, 0.3) is 0 Å². The van der Waals surface area contributed by atoms with Crippen molar-refractivity contribution in [3.63, 3.8) is 0 Å². The van der Waals surface area contributed by atoms with Crippen LogP contribution in [-0.2, 0) is 98.6 Å². The lowest BCUT2D eigenvalue weighted by Crippen LogP contribution is -2.54. The summed E-state index contributed by atoms with van der Waals surface area (Å²) < 4.78 is 72.9. The number of nitrogens with one attached hydrogen (secondary N) is 3. The average Bonchev–Trinajstić information content (AvgIpc) is 0.844. The summed E-state index contributed by atoms with van der Waals surface area (Å²) in [4.78, 5) is 101. The number of benzene rings is 2. The van der Waals surface area contributed by atoms with Crippen LogP contribution < -0.4 is 20.7 Å². The van der Waals surface area contributed by atoms with E-state index < -0.39 is 52.4 Å². The largest absolute Gasteiger partial charge is 0.494 e. The zero-order valence-corrected chi connectivity index (χ0v) is 64.7. The number of unbranched alkanes of at least 4 members (excludes halogenated alkanes) is 5. The Morgan fingerprint density at radius 1 is 0.447 bits per heavy atom. The van der Waals surface area contributed by atoms with Crippen LogP contribution in [0, 0.1) is 0 Å². The molecule has 1 saturated heterocycles. The predicted octanol–water partition coefficient (Wildman–Crippen LogP) is 7.35. The molecule has 0 radical (unpaired) electrons. The summed E-state index contributed by atoms with van der Waals surface area (Å²) in [5, 5.41) is 8.67. The standard InChI is InChI=1S/C76H129N7O20/c1-73(2,3)100-67(85)56-80-34-35-81(57-68(86)101-74(4,5)6)38-39-83(59-70(88)103-76(10,11)12)63(55-82(37-36-80)58-69(87)102-75(7,8)9)54-61-27-29-64(30-28-61)98-40-23-16-14-15-21-32-77-71(89)65(26-20-22-33-78-72(90)99-60-62-24-18-17-19-25-62)79-66(84)31-41-92-44-45-94-48-49-96-52-53-97-51-50-95-47-46-93-43-42-91-13/h17-19,24-25,27-30,63,65H,14-16,20-23,26,31-60H2,1-13H3,(H,77,89)(H,78,90)(H,79,84)/t63-,65-/m0/s1. The lowest BCUT2D eigenvalue weighted by Gasteiger charge is -2.39. The highest BCUT2D eigenvalue weighted by atomic mass is 16.6. The molecule has 103 heavy (non-hydrogen) atoms. The summed E-state index contributed by atoms with van der Waals surface area (Å²) in [5.41, 5.74) is -1.04. The van der Waals surface area contributed by atoms with Crippen molar-refractivity contribution in [1.82, 2.24) is 35.6 Å². The molecular formula is C76H129N7O20. The molecule has 1 aliphatic heterocycles. The monoisotopic (exact) mass is 1460 g/mol. The normalized spacial score (nSPS) is 15.3. The first-order chi connectivity index (χ1) is 48.9. The fourth-order valence-corrected chi connectivity index (χ4v) is 10.6. The molecule has 0 spiro atoms. The number of esters is 4. The van der Waals surface area contributed by atoms with E-state index >= 15 is 0 Å². The number of alkyl carbamates (subject to hydrolysis) is 1. The van der Waals surface area contributed by atoms with Gasteiger partial charge in [-0.2, -0.15) is 0 Å². The number of nitrogens with zero attached hydrogens (tertiary/aromatic N) is 4. The van der Waals surface area contributed by atoms with Crippen LogP contribution in [0.5, 0.6) is 5.75 Å². The van der Waals surface area contributed by atoms with Gasteiger partial charge in [0, 0.05) is 78.5 Å². The van der Waals surface area contributed by atoms with Crippen molar-refractivity contribution in [1.29, 1.82) is 0 Å². The third-order valence-electron chi connectivity index (χ3n) is 15.3. The molecule has 2 atom stereocenters. The minimum Gasteiger partial charge on any atom is -0.494 e. The van der Waals surface area contributed by atoms with Gasteiger partial charge in [0.2, 0.25) is 11.8 Å². The van der Waals surface area contributed by atoms with Crippen molar-refractivity contribution in [2.75, 3.05) is 185 Å². The van der Waals surface area contributed by atoms with E-state index in [9.17, 15) is 33.6 Å². The molecule has 3 rings (SSSR count). The molecule has 0 saturated carbocycles. The van der Waals surface area contributed by atoms with Gasteiger partial charge in [0.1, 0.15) is 40.8 Å². The number of carbonyl (C=O) groups is 7. The summed E-state index contributed by atoms with van der Waals surface area (Å²) in [6, 6.07) is 16.2. The SMILES string of the molecule is COCCOCCOCCOCCOCCOCCOCCC(=O)N[C@@H](CCCCNC(=O)OCc1ccccc1)C(=O)NCCCCCCCOc1ccc(C[C@H]2CN(CC(=O)OC(C)(C)C)CCN(CC(=O)OC(C)(C)C)CCN(CC(=O)OC(C)(C)C)CCN2CC(=O)OC(C)(C)C)cc1. The Kier molecular flexibility index (Phi) is 46.0. The Balaban J connectivity index is 1.57. The van der Waals surface area contributed by atoms with Crippen LogP contribution in [0.3, 0.4) is 0 Å². The number of hydrogen-bond donors (Lipinski definition) is 3. The van der Waals surface area contributed by atoms with Crippen LogP contribution in [0.15, 0.2) is 54.6 Å². The third kappa shape index (κ3) is 50.1. The summed E-state index contributed by atoms with van der Waals surface area (Å²) in [5.74, 6) is -1.48. The minimum absolute atomic E-state index is 0.00421. The molecule has 0 bridgehead atoms. The van der Waals surface area contributed by atoms with Crippen molar-refractivity contribution in [2.45, 2.75) is 188 Å². The second-order valence-corrected chi connectivity index (χ2v) is 29.5. The average molecular weight is 1460 g/mol. The molecule has 588 valence electrons. The molecule has 2 aromatic carbocycles. The van der Waals surface area contributed by atoms with Gasteiger partial charge in [-0.3, -0.25) is 48.4 Å². The zero-order chi connectivity index (χ0) is 75.8. The fraction of sp³-hybridized carbons (Fsp3) is 0.750. The second kappa shape index (κ2) is 52.0. The van der Waals surface area contributed by atoms with Crippen molar-refractivity contribution >= 4 is 41.8 Å². The van der Waals surface area contributed by atoms with Crippen molar-refractivity contribution in [3.8, 4) is 5.75 Å². The highest BCUT2D eigenvalue weighted by Crippen LogP contribution is 2.20. The lowest BCUT2D eigenvalue weighted by molar-refractivity contribution is -0.160. The molecule has 0 unspecified atom stereocenters. The van der Waals surface area contributed by atoms with Gasteiger partial charge in [0.25, 0.3) is 0 Å². The third-order valence-corrected chi connectivity index (χ3v) is 15.3. The summed E-state index contributed by atoms with van der Waals surface area (Å²) >= 11 is 0. The Labute approximate surface area is 614 Å². The van der Waals surface area contributed by atoms with Crippen LogP contribution >= 0.6 is 0 Å². The molecule has 1 heterocycles. The van der Waals surface area contributed by atoms with E-state index in [4.69, 9.17) is 61.6 Å². The van der Waals surface area contributed by atoms with Crippen LogP contribution in [0.1, 0.15) is 152 Å². The van der Waals surface area contributed by atoms with Gasteiger partial charge >= 0.3 is 30.0 Å². The predicted molar refractivity (Wildman–Crippen MR) is 392 cm³/mol. The number of ether oxygens (including phenoxy) is 13. The van der Waals surface area contributed by atoms with Crippen LogP contribution in [0.2, 0.25) is 0 Å². The quantitative estimate of drug-likeness (QED) is 0.0331. The minimum atomic E-state index is -0.774. The number of amides is 3. The molecule has 27 heteroatoms. The molecular weight excluding hydrogens is 1330 g/mol. The topological polar surface area (TPSA) is 289 Å². The first-order valence-corrected chi connectivity index (χ1v) is 36.9. The zero-order valence-electron chi connectivity index (χ0n) is 64.7. The molecule has 0 aromatic heterocycles.